The maximum Gasteiger partial charge on any atom is 0.429 e. The number of rotatable bonds is 0. The Hall–Kier alpha value is -1.50. The minimum absolute atomic E-state index is 0.556. The normalized spacial score (nSPS) is 31.1. The number of fused-ring (bicyclic) bond motifs is 2. The van der Waals surface area contributed by atoms with Gasteiger partial charge in [0.25, 0.3) is 0 Å². The van der Waals surface area contributed by atoms with E-state index in [0.29, 0.717) is 12.8 Å². The van der Waals surface area contributed by atoms with E-state index < -0.39 is 24.6 Å². The summed E-state index contributed by atoms with van der Waals surface area (Å²) in [7, 11) is 0. The third-order valence-corrected chi connectivity index (χ3v) is 2.14. The van der Waals surface area contributed by atoms with Gasteiger partial charge < -0.3 is 14.9 Å². The van der Waals surface area contributed by atoms with E-state index in [9.17, 15) is 9.59 Å². The van der Waals surface area contributed by atoms with Gasteiger partial charge in [-0.1, -0.05) is 0 Å². The molecule has 2 saturated heterocycles. The van der Waals surface area contributed by atoms with Crippen molar-refractivity contribution in [1.29, 1.82) is 0 Å². The van der Waals surface area contributed by atoms with E-state index in [0.717, 1.165) is 10.0 Å². The van der Waals surface area contributed by atoms with Crippen LogP contribution in [0.25, 0.3) is 0 Å². The summed E-state index contributed by atoms with van der Waals surface area (Å²) in [6, 6.07) is 0. The van der Waals surface area contributed by atoms with Gasteiger partial charge in [-0.15, -0.1) is 0 Å². The molecule has 2 rings (SSSR count). The molecule has 0 spiro atoms. The second-order valence-electron chi connectivity index (χ2n) is 2.88. The molecule has 2 fully saturated rings. The van der Waals surface area contributed by atoms with E-state index in [1.54, 1.807) is 0 Å². The van der Waals surface area contributed by atoms with Crippen LogP contribution in [0.3, 0.4) is 0 Å². The topological polar surface area (TPSA) is 90.3 Å². The Balaban J connectivity index is 2.24. The van der Waals surface area contributed by atoms with Crippen molar-refractivity contribution >= 4 is 12.2 Å². The number of hydrazine groups is 1. The van der Waals surface area contributed by atoms with Crippen LogP contribution in [0.4, 0.5) is 9.59 Å². The summed E-state index contributed by atoms with van der Waals surface area (Å²) in [4.78, 5) is 21.3. The number of hydrogen-bond donors (Lipinski definition) is 2. The molecule has 2 bridgehead atoms. The highest BCUT2D eigenvalue weighted by Crippen LogP contribution is 2.34. The van der Waals surface area contributed by atoms with Gasteiger partial charge in [-0.2, -0.15) is 10.0 Å². The van der Waals surface area contributed by atoms with Crippen LogP contribution < -0.4 is 0 Å². The molecule has 2 aliphatic rings. The van der Waals surface area contributed by atoms with Gasteiger partial charge in [0, 0.05) is 0 Å². The molecule has 13 heavy (non-hydrogen) atoms. The van der Waals surface area contributed by atoms with Gasteiger partial charge in [0.15, 0.2) is 12.5 Å². The fraction of sp³-hybridized carbons (Fsp3) is 0.667. The molecule has 2 amide bonds. The minimum atomic E-state index is -1.30. The summed E-state index contributed by atoms with van der Waals surface area (Å²) < 4.78 is 5.11. The number of carbonyl (C=O) groups is 2. The largest absolute Gasteiger partial charge is 0.464 e. The Kier molecular flexibility index (Phi) is 1.56. The summed E-state index contributed by atoms with van der Waals surface area (Å²) in [6.07, 6.45) is -2.73. The van der Waals surface area contributed by atoms with Gasteiger partial charge in [-0.25, -0.2) is 9.59 Å². The van der Waals surface area contributed by atoms with Gasteiger partial charge in [0.05, 0.1) is 0 Å². The average molecular weight is 188 g/mol. The molecule has 7 nitrogen and oxygen atoms in total. The van der Waals surface area contributed by atoms with E-state index >= 15 is 0 Å². The van der Waals surface area contributed by atoms with Gasteiger partial charge >= 0.3 is 12.2 Å². The first kappa shape index (κ1) is 8.11. The van der Waals surface area contributed by atoms with Crippen molar-refractivity contribution in [2.45, 2.75) is 25.3 Å². The number of hydrogen-bond acceptors (Lipinski definition) is 3. The summed E-state index contributed by atoms with van der Waals surface area (Å²) in [5, 5.41) is 18.8. The van der Waals surface area contributed by atoms with Crippen molar-refractivity contribution in [3.63, 3.8) is 0 Å². The number of ether oxygens (including phenoxy) is 1. The van der Waals surface area contributed by atoms with E-state index in [4.69, 9.17) is 14.9 Å². The summed E-state index contributed by atoms with van der Waals surface area (Å²) in [5.41, 5.74) is 0. The van der Waals surface area contributed by atoms with E-state index in [-0.39, 0.29) is 0 Å². The second-order valence-corrected chi connectivity index (χ2v) is 2.88. The van der Waals surface area contributed by atoms with Crippen molar-refractivity contribution in [2.24, 2.45) is 0 Å². The molecule has 0 aromatic carbocycles. The standard InChI is InChI=1S/C6H8N2O5/c9-5(10)7-3-1-2-4(13-3)8(7)6(11)12/h3-4H,1-2H2,(H,9,10)(H,11,12). The number of carboxylic acid groups (broad SMARTS) is 2. The maximum atomic E-state index is 10.6. The van der Waals surface area contributed by atoms with Crippen LogP contribution in [0.5, 0.6) is 0 Å². The summed E-state index contributed by atoms with van der Waals surface area (Å²) in [6.45, 7) is 0. The molecule has 0 aliphatic carbocycles. The fourth-order valence-corrected chi connectivity index (χ4v) is 1.67. The lowest BCUT2D eigenvalue weighted by atomic mass is 10.2. The zero-order valence-corrected chi connectivity index (χ0v) is 6.58. The van der Waals surface area contributed by atoms with E-state index in [1.165, 1.54) is 0 Å². The molecule has 0 aromatic rings. The highest BCUT2D eigenvalue weighted by Gasteiger charge is 2.51. The quantitative estimate of drug-likeness (QED) is 0.571. The molecule has 0 radical (unpaired) electrons. The van der Waals surface area contributed by atoms with Crippen molar-refractivity contribution in [2.75, 3.05) is 0 Å². The smallest absolute Gasteiger partial charge is 0.429 e. The fourth-order valence-electron chi connectivity index (χ4n) is 1.67. The first-order valence-electron chi connectivity index (χ1n) is 3.81. The van der Waals surface area contributed by atoms with Crippen LogP contribution in [-0.4, -0.2) is 44.9 Å². The minimum Gasteiger partial charge on any atom is -0.464 e. The zero-order valence-electron chi connectivity index (χ0n) is 6.58. The predicted octanol–water partition coefficient (Wildman–Crippen LogP) is 0.338. The summed E-state index contributed by atoms with van der Waals surface area (Å²) in [5.74, 6) is 0. The molecule has 0 saturated carbocycles. The van der Waals surface area contributed by atoms with Gasteiger partial charge in [0.2, 0.25) is 0 Å². The second kappa shape index (κ2) is 2.49. The highest BCUT2D eigenvalue weighted by molar-refractivity contribution is 5.72. The van der Waals surface area contributed by atoms with Gasteiger partial charge in [-0.3, -0.25) is 0 Å². The third-order valence-electron chi connectivity index (χ3n) is 2.14. The van der Waals surface area contributed by atoms with Gasteiger partial charge in [0.1, 0.15) is 0 Å². The molecule has 2 aliphatic heterocycles. The molecule has 7 heteroatoms. The van der Waals surface area contributed by atoms with Crippen LogP contribution in [0, 0.1) is 0 Å². The molecule has 2 unspecified atom stereocenters. The van der Waals surface area contributed by atoms with Crippen molar-refractivity contribution < 1.29 is 24.5 Å². The van der Waals surface area contributed by atoms with Crippen LogP contribution >= 0.6 is 0 Å². The SMILES string of the molecule is O=C(O)N1C2CCC(O2)N1C(=O)O. The van der Waals surface area contributed by atoms with E-state index in [2.05, 4.69) is 0 Å². The third kappa shape index (κ3) is 1.00. The van der Waals surface area contributed by atoms with Crippen LogP contribution in [0.2, 0.25) is 0 Å². The molecule has 72 valence electrons. The maximum absolute atomic E-state index is 10.6. The lowest BCUT2D eigenvalue weighted by Crippen LogP contribution is -2.52. The van der Waals surface area contributed by atoms with E-state index in [1.807, 2.05) is 0 Å². The first-order chi connectivity index (χ1) is 6.11. The van der Waals surface area contributed by atoms with Crippen molar-refractivity contribution in [3.8, 4) is 0 Å². The van der Waals surface area contributed by atoms with Crippen LogP contribution in [0.15, 0.2) is 0 Å². The molecule has 2 heterocycles. The molecule has 2 N–H and O–H groups in total. The zero-order chi connectivity index (χ0) is 9.59. The molecular formula is C6H8N2O5. The molecule has 0 aromatic heterocycles. The van der Waals surface area contributed by atoms with Crippen molar-refractivity contribution in [1.82, 2.24) is 10.0 Å². The molecular weight excluding hydrogens is 180 g/mol. The Morgan fingerprint density at radius 3 is 1.77 bits per heavy atom. The Morgan fingerprint density at radius 1 is 1.08 bits per heavy atom. The highest BCUT2D eigenvalue weighted by atomic mass is 16.6. The average Bonchev–Trinajstić information content (AvgIpc) is 2.60. The predicted molar refractivity (Wildman–Crippen MR) is 37.6 cm³/mol. The van der Waals surface area contributed by atoms with Gasteiger partial charge in [-0.05, 0) is 12.8 Å². The first-order valence-corrected chi connectivity index (χ1v) is 3.81. The monoisotopic (exact) mass is 188 g/mol. The molecule has 2 atom stereocenters. The van der Waals surface area contributed by atoms with Crippen LogP contribution in [-0.2, 0) is 4.74 Å². The van der Waals surface area contributed by atoms with Crippen molar-refractivity contribution in [3.05, 3.63) is 0 Å². The Labute approximate surface area is 73.1 Å². The number of amides is 2. The Morgan fingerprint density at radius 2 is 1.46 bits per heavy atom. The van der Waals surface area contributed by atoms with Crippen LogP contribution in [0.1, 0.15) is 12.8 Å². The number of nitrogens with zero attached hydrogens (tertiary/aromatic N) is 2. The Bertz CT molecular complexity index is 242. The lowest BCUT2D eigenvalue weighted by molar-refractivity contribution is -0.0192. The summed E-state index contributed by atoms with van der Waals surface area (Å²) >= 11 is 0. The lowest BCUT2D eigenvalue weighted by Gasteiger charge is -2.29.